The predicted octanol–water partition coefficient (Wildman–Crippen LogP) is 5.66. The monoisotopic (exact) mass is 760 g/mol. The summed E-state index contributed by atoms with van der Waals surface area (Å²) in [7, 11) is -5.81. The molecular formula is C37H36N4O8S3. The van der Waals surface area contributed by atoms with Crippen LogP contribution in [0.25, 0.3) is 33.4 Å². The van der Waals surface area contributed by atoms with E-state index in [1.807, 2.05) is 12.1 Å². The van der Waals surface area contributed by atoms with Gasteiger partial charge in [-0.25, -0.2) is 25.4 Å². The minimum atomic E-state index is -4.59. The lowest BCUT2D eigenvalue weighted by Gasteiger charge is -2.18. The molecular weight excluding hydrogens is 725 g/mol. The Balaban J connectivity index is 1.39. The van der Waals surface area contributed by atoms with Crippen molar-refractivity contribution in [1.82, 2.24) is 8.61 Å². The molecule has 52 heavy (non-hydrogen) atoms. The first-order valence-electron chi connectivity index (χ1n) is 15.9. The zero-order chi connectivity index (χ0) is 37.4. The van der Waals surface area contributed by atoms with Crippen molar-refractivity contribution in [3.63, 3.8) is 0 Å². The van der Waals surface area contributed by atoms with Crippen LogP contribution in [-0.2, 0) is 43.3 Å². The number of anilines is 1. The number of nitrogens with zero attached hydrogens (tertiary/aromatic N) is 3. The van der Waals surface area contributed by atoms with E-state index < -0.39 is 30.2 Å². The van der Waals surface area contributed by atoms with Crippen molar-refractivity contribution in [2.75, 3.05) is 33.5 Å². The first-order chi connectivity index (χ1) is 24.6. The fourth-order valence-electron chi connectivity index (χ4n) is 5.63. The number of sulfonamides is 2. The van der Waals surface area contributed by atoms with Gasteiger partial charge in [0, 0.05) is 74.6 Å². The van der Waals surface area contributed by atoms with Crippen LogP contribution in [0.2, 0.25) is 0 Å². The van der Waals surface area contributed by atoms with Crippen molar-refractivity contribution >= 4 is 46.8 Å². The van der Waals surface area contributed by atoms with Crippen molar-refractivity contribution in [1.29, 1.82) is 0 Å². The van der Waals surface area contributed by atoms with Gasteiger partial charge in [0.1, 0.15) is 16.2 Å². The van der Waals surface area contributed by atoms with E-state index in [1.54, 1.807) is 72.8 Å². The fourth-order valence-corrected chi connectivity index (χ4v) is 8.13. The van der Waals surface area contributed by atoms with Gasteiger partial charge in [-0.05, 0) is 65.7 Å². The standard InChI is InChI=1S/C37H36N4O8S3/c1-40(2)50(42,43)29-15-9-25(10-16-29)23-38-27-13-19-31-34(21-27)49-35-22-28(39-24-26-11-17-30(18-12-26)51(44,45)41(3)4)14-20-32(35)37(31)33-7-5-6-8-36(33)52(46,47)48/h5-22,38H,23-24H2,1-4H3,(H,46,47,48). The van der Waals surface area contributed by atoms with Crippen LogP contribution < -0.4 is 10.7 Å². The molecule has 0 aromatic heterocycles. The maximum Gasteiger partial charge on any atom is 0.295 e. The van der Waals surface area contributed by atoms with Crippen molar-refractivity contribution in [2.24, 2.45) is 4.99 Å². The zero-order valence-electron chi connectivity index (χ0n) is 28.7. The lowest BCUT2D eigenvalue weighted by molar-refractivity contribution is 0.483. The quantitative estimate of drug-likeness (QED) is 0.125. The Morgan fingerprint density at radius 2 is 1.27 bits per heavy atom. The van der Waals surface area contributed by atoms with E-state index in [0.717, 1.165) is 19.7 Å². The van der Waals surface area contributed by atoms with E-state index in [4.69, 9.17) is 9.41 Å². The molecule has 0 saturated carbocycles. The average Bonchev–Trinajstić information content (AvgIpc) is 3.11. The van der Waals surface area contributed by atoms with E-state index in [1.165, 1.54) is 52.5 Å². The molecule has 0 spiro atoms. The third-order valence-corrected chi connectivity index (χ3v) is 13.1. The molecule has 1 aliphatic heterocycles. The Morgan fingerprint density at radius 3 is 1.87 bits per heavy atom. The van der Waals surface area contributed by atoms with Crippen LogP contribution in [0.1, 0.15) is 11.1 Å². The number of hydrogen-bond acceptors (Lipinski definition) is 9. The van der Waals surface area contributed by atoms with Crippen LogP contribution in [-0.4, -0.2) is 66.6 Å². The van der Waals surface area contributed by atoms with Gasteiger partial charge in [0.15, 0.2) is 0 Å². The Labute approximate surface area is 302 Å². The molecule has 0 saturated heterocycles. The normalized spacial score (nSPS) is 13.0. The minimum Gasteiger partial charge on any atom is -0.456 e. The molecule has 12 nitrogen and oxygen atoms in total. The number of benzene rings is 5. The number of rotatable bonds is 11. The average molecular weight is 761 g/mol. The molecule has 6 rings (SSSR count). The van der Waals surface area contributed by atoms with Gasteiger partial charge in [-0.3, -0.25) is 9.55 Å². The molecule has 2 N–H and O–H groups in total. The van der Waals surface area contributed by atoms with Crippen molar-refractivity contribution in [3.8, 4) is 22.5 Å². The number of nitrogens with one attached hydrogen (secondary N) is 1. The second-order valence-corrected chi connectivity index (χ2v) is 18.1. The van der Waals surface area contributed by atoms with E-state index in [-0.39, 0.29) is 21.2 Å². The summed E-state index contributed by atoms with van der Waals surface area (Å²) in [6.45, 7) is 0.640. The molecule has 1 aliphatic carbocycles. The smallest absolute Gasteiger partial charge is 0.295 e. The van der Waals surface area contributed by atoms with Gasteiger partial charge < -0.3 is 9.73 Å². The summed E-state index contributed by atoms with van der Waals surface area (Å²) < 4.78 is 93.7. The van der Waals surface area contributed by atoms with Crippen LogP contribution in [0, 0.1) is 0 Å². The van der Waals surface area contributed by atoms with Gasteiger partial charge in [0.2, 0.25) is 20.0 Å². The minimum absolute atomic E-state index is 0.178. The van der Waals surface area contributed by atoms with E-state index >= 15 is 0 Å². The van der Waals surface area contributed by atoms with Gasteiger partial charge >= 0.3 is 0 Å². The second-order valence-electron chi connectivity index (χ2n) is 12.4. The number of hydrogen-bond donors (Lipinski definition) is 2. The molecule has 2 aliphatic rings. The van der Waals surface area contributed by atoms with E-state index in [9.17, 15) is 29.8 Å². The Morgan fingerprint density at radius 1 is 0.673 bits per heavy atom. The highest BCUT2D eigenvalue weighted by Gasteiger charge is 2.24. The molecule has 0 atom stereocenters. The van der Waals surface area contributed by atoms with Crippen molar-refractivity contribution < 1.29 is 34.2 Å². The largest absolute Gasteiger partial charge is 0.456 e. The maximum atomic E-state index is 12.5. The molecule has 0 fully saturated rings. The van der Waals surface area contributed by atoms with Gasteiger partial charge in [-0.2, -0.15) is 8.42 Å². The molecule has 0 unspecified atom stereocenters. The Kier molecular flexibility index (Phi) is 10.1. The summed E-state index contributed by atoms with van der Waals surface area (Å²) in [6, 6.07) is 30.0. The SMILES string of the molecule is CN(C)S(=O)(=O)c1ccc(CN=c2ccc3c(-c4ccccc4S(=O)(=O)O)c4ccc(NCc5ccc(S(=O)(=O)N(C)C)cc5)cc4oc-3c2)cc1. The zero-order valence-corrected chi connectivity index (χ0v) is 31.1. The molecule has 0 amide bonds. The second kappa shape index (κ2) is 14.3. The van der Waals surface area contributed by atoms with Crippen LogP contribution in [0.4, 0.5) is 5.69 Å². The Hall–Kier alpha value is -4.90. The molecule has 0 radical (unpaired) electrons. The van der Waals surface area contributed by atoms with Crippen LogP contribution in [0.15, 0.2) is 133 Å². The topological polar surface area (TPSA) is 167 Å². The summed E-state index contributed by atoms with van der Waals surface area (Å²) in [5.74, 6) is 0.413. The molecule has 1 heterocycles. The third-order valence-electron chi connectivity index (χ3n) is 8.48. The van der Waals surface area contributed by atoms with E-state index in [0.29, 0.717) is 51.0 Å². The molecule has 4 aromatic rings. The first-order valence-corrected chi connectivity index (χ1v) is 20.2. The fraction of sp³-hybridized carbons (Fsp3) is 0.162. The summed E-state index contributed by atoms with van der Waals surface area (Å²) in [5.41, 5.74) is 4.18. The molecule has 270 valence electrons. The summed E-state index contributed by atoms with van der Waals surface area (Å²) in [6.07, 6.45) is 0. The number of fused-ring (bicyclic) bond motifs is 2. The van der Waals surface area contributed by atoms with Crippen molar-refractivity contribution in [3.05, 3.63) is 126 Å². The van der Waals surface area contributed by atoms with E-state index in [2.05, 4.69) is 5.32 Å². The van der Waals surface area contributed by atoms with Crippen LogP contribution in [0.5, 0.6) is 0 Å². The third kappa shape index (κ3) is 7.51. The van der Waals surface area contributed by atoms with Crippen LogP contribution >= 0.6 is 0 Å². The lowest BCUT2D eigenvalue weighted by atomic mass is 9.93. The highest BCUT2D eigenvalue weighted by molar-refractivity contribution is 7.89. The summed E-state index contributed by atoms with van der Waals surface area (Å²) in [5, 5.41) is 4.51. The van der Waals surface area contributed by atoms with Gasteiger partial charge in [-0.1, -0.05) is 42.5 Å². The highest BCUT2D eigenvalue weighted by Crippen LogP contribution is 2.42. The molecule has 4 aromatic carbocycles. The maximum absolute atomic E-state index is 12.5. The Bertz CT molecular complexity index is 2660. The summed E-state index contributed by atoms with van der Waals surface area (Å²) in [4.78, 5) is 4.81. The first kappa shape index (κ1) is 36.9. The summed E-state index contributed by atoms with van der Waals surface area (Å²) >= 11 is 0. The molecule has 15 heteroatoms. The van der Waals surface area contributed by atoms with Crippen molar-refractivity contribution in [2.45, 2.75) is 27.8 Å². The van der Waals surface area contributed by atoms with Gasteiger partial charge in [0.05, 0.1) is 21.7 Å². The lowest BCUT2D eigenvalue weighted by Crippen LogP contribution is -2.22. The highest BCUT2D eigenvalue weighted by atomic mass is 32.2. The van der Waals surface area contributed by atoms with Gasteiger partial charge in [0.25, 0.3) is 10.1 Å². The van der Waals surface area contributed by atoms with Crippen LogP contribution in [0.3, 0.4) is 0 Å². The van der Waals surface area contributed by atoms with Gasteiger partial charge in [-0.15, -0.1) is 0 Å². The molecule has 0 bridgehead atoms. The predicted molar refractivity (Wildman–Crippen MR) is 199 cm³/mol.